The van der Waals surface area contributed by atoms with Crippen molar-refractivity contribution in [2.45, 2.75) is 12.8 Å². The van der Waals surface area contributed by atoms with Crippen molar-refractivity contribution in [3.63, 3.8) is 0 Å². The number of nitrogens with one attached hydrogen (secondary N) is 1. The van der Waals surface area contributed by atoms with Crippen molar-refractivity contribution in [3.05, 3.63) is 25.7 Å². The molecular formula is C8H8INO2. The number of rotatable bonds is 0. The Bertz CT molecular complexity index is 359. The van der Waals surface area contributed by atoms with E-state index in [2.05, 4.69) is 27.6 Å². The Morgan fingerprint density at radius 3 is 3.25 bits per heavy atom. The molecule has 0 amide bonds. The second kappa shape index (κ2) is 3.08. The first-order valence-electron chi connectivity index (χ1n) is 3.82. The van der Waals surface area contributed by atoms with E-state index in [4.69, 9.17) is 4.74 Å². The third-order valence-corrected chi connectivity index (χ3v) is 2.42. The van der Waals surface area contributed by atoms with Crippen molar-refractivity contribution in [1.82, 2.24) is 4.98 Å². The van der Waals surface area contributed by atoms with Gasteiger partial charge in [-0.25, -0.2) is 0 Å². The summed E-state index contributed by atoms with van der Waals surface area (Å²) in [5.74, 6) is 0.515. The molecule has 2 rings (SSSR count). The maximum Gasteiger partial charge on any atom is 0.224 e. The zero-order chi connectivity index (χ0) is 8.55. The van der Waals surface area contributed by atoms with Gasteiger partial charge in [0.2, 0.25) is 5.43 Å². The number of pyridine rings is 1. The summed E-state index contributed by atoms with van der Waals surface area (Å²) < 4.78 is 6.14. The van der Waals surface area contributed by atoms with Crippen LogP contribution in [0.1, 0.15) is 12.1 Å². The van der Waals surface area contributed by atoms with Crippen LogP contribution in [0, 0.1) is 3.70 Å². The lowest BCUT2D eigenvalue weighted by Gasteiger charge is -2.15. The predicted octanol–water partition coefficient (Wildman–Crippen LogP) is 1.30. The lowest BCUT2D eigenvalue weighted by molar-refractivity contribution is 0.282. The van der Waals surface area contributed by atoms with Gasteiger partial charge in [-0.15, -0.1) is 0 Å². The zero-order valence-corrected chi connectivity index (χ0v) is 8.55. The van der Waals surface area contributed by atoms with Gasteiger partial charge in [-0.1, -0.05) is 0 Å². The summed E-state index contributed by atoms with van der Waals surface area (Å²) >= 11 is 2.10. The fraction of sp³-hybridized carbons (Fsp3) is 0.375. The van der Waals surface area contributed by atoms with Gasteiger partial charge in [-0.05, 0) is 35.4 Å². The van der Waals surface area contributed by atoms with E-state index in [9.17, 15) is 4.79 Å². The number of ether oxygens (including phenoxy) is 1. The Hall–Kier alpha value is -0.520. The highest BCUT2D eigenvalue weighted by Gasteiger charge is 2.14. The van der Waals surface area contributed by atoms with E-state index in [1.165, 1.54) is 0 Å². The van der Waals surface area contributed by atoms with Crippen molar-refractivity contribution in [1.29, 1.82) is 0 Å². The van der Waals surface area contributed by atoms with E-state index in [1.807, 2.05) is 0 Å². The molecule has 64 valence electrons. The minimum absolute atomic E-state index is 0.00662. The number of aryl methyl sites for hydroxylation is 1. The van der Waals surface area contributed by atoms with Gasteiger partial charge >= 0.3 is 0 Å². The minimum atomic E-state index is -0.00662. The molecule has 1 aliphatic rings. The van der Waals surface area contributed by atoms with Crippen LogP contribution in [0.3, 0.4) is 0 Å². The second-order valence-electron chi connectivity index (χ2n) is 2.74. The van der Waals surface area contributed by atoms with E-state index in [0.29, 0.717) is 12.4 Å². The van der Waals surface area contributed by atoms with Crippen LogP contribution in [0.2, 0.25) is 0 Å². The molecule has 0 saturated carbocycles. The number of hydrogen-bond donors (Lipinski definition) is 1. The van der Waals surface area contributed by atoms with Crippen LogP contribution >= 0.6 is 22.6 Å². The number of aromatic nitrogens is 1. The molecule has 3 nitrogen and oxygen atoms in total. The minimum Gasteiger partial charge on any atom is -0.488 e. The molecule has 0 bridgehead atoms. The summed E-state index contributed by atoms with van der Waals surface area (Å²) in [6, 6.07) is 1.56. The molecule has 4 heteroatoms. The van der Waals surface area contributed by atoms with Crippen molar-refractivity contribution in [2.75, 3.05) is 6.61 Å². The number of halogens is 1. The van der Waals surface area contributed by atoms with Crippen LogP contribution in [0.5, 0.6) is 5.75 Å². The zero-order valence-electron chi connectivity index (χ0n) is 6.39. The normalized spacial score (nSPS) is 15.1. The van der Waals surface area contributed by atoms with E-state index in [-0.39, 0.29) is 5.43 Å². The molecule has 1 N–H and O–H groups in total. The standard InChI is InChI=1S/C8H8INO2/c9-7-4-6(11)8-5(10-7)2-1-3-12-8/h4H,1-3H2,(H,10,11). The van der Waals surface area contributed by atoms with Gasteiger partial charge < -0.3 is 9.72 Å². The molecular weight excluding hydrogens is 269 g/mol. The third-order valence-electron chi connectivity index (χ3n) is 1.84. The van der Waals surface area contributed by atoms with Crippen LogP contribution in [0.4, 0.5) is 0 Å². The summed E-state index contributed by atoms with van der Waals surface area (Å²) in [6.07, 6.45) is 1.91. The van der Waals surface area contributed by atoms with E-state index >= 15 is 0 Å². The Morgan fingerprint density at radius 2 is 2.42 bits per heavy atom. The quantitative estimate of drug-likeness (QED) is 0.574. The highest BCUT2D eigenvalue weighted by molar-refractivity contribution is 14.1. The summed E-state index contributed by atoms with van der Waals surface area (Å²) in [5, 5.41) is 0. The van der Waals surface area contributed by atoms with Crippen LogP contribution in [-0.2, 0) is 6.42 Å². The molecule has 0 radical (unpaired) electrons. The molecule has 1 aliphatic heterocycles. The van der Waals surface area contributed by atoms with Gasteiger partial charge in [0.25, 0.3) is 0 Å². The molecule has 0 aromatic carbocycles. The van der Waals surface area contributed by atoms with Crippen molar-refractivity contribution in [3.8, 4) is 5.75 Å². The van der Waals surface area contributed by atoms with E-state index in [0.717, 1.165) is 22.2 Å². The van der Waals surface area contributed by atoms with Gasteiger partial charge in [-0.3, -0.25) is 4.79 Å². The maximum absolute atomic E-state index is 11.3. The fourth-order valence-electron chi connectivity index (χ4n) is 1.32. The van der Waals surface area contributed by atoms with E-state index in [1.54, 1.807) is 6.07 Å². The van der Waals surface area contributed by atoms with Crippen LogP contribution in [-0.4, -0.2) is 11.6 Å². The molecule has 0 aliphatic carbocycles. The van der Waals surface area contributed by atoms with Gasteiger partial charge in [0.1, 0.15) is 0 Å². The first kappa shape index (κ1) is 8.10. The molecule has 0 unspecified atom stereocenters. The van der Waals surface area contributed by atoms with Crippen molar-refractivity contribution < 1.29 is 4.74 Å². The van der Waals surface area contributed by atoms with Gasteiger partial charge in [0.15, 0.2) is 5.75 Å². The summed E-state index contributed by atoms with van der Waals surface area (Å²) in [7, 11) is 0. The van der Waals surface area contributed by atoms with Crippen molar-refractivity contribution >= 4 is 22.6 Å². The Balaban J connectivity index is 2.60. The molecule has 0 spiro atoms. The van der Waals surface area contributed by atoms with Gasteiger partial charge in [0, 0.05) is 6.07 Å². The van der Waals surface area contributed by atoms with Gasteiger partial charge in [-0.2, -0.15) is 0 Å². The molecule has 0 atom stereocenters. The van der Waals surface area contributed by atoms with Crippen LogP contribution in [0.25, 0.3) is 0 Å². The largest absolute Gasteiger partial charge is 0.488 e. The number of hydrogen-bond acceptors (Lipinski definition) is 2. The van der Waals surface area contributed by atoms with Gasteiger partial charge in [0.05, 0.1) is 16.0 Å². The fourth-order valence-corrected chi connectivity index (χ4v) is 1.93. The topological polar surface area (TPSA) is 42.1 Å². The predicted molar refractivity (Wildman–Crippen MR) is 53.6 cm³/mol. The Labute approximate surface area is 83.3 Å². The average Bonchev–Trinajstić information content (AvgIpc) is 2.04. The van der Waals surface area contributed by atoms with Crippen molar-refractivity contribution in [2.24, 2.45) is 0 Å². The molecule has 0 fully saturated rings. The number of fused-ring (bicyclic) bond motifs is 1. The second-order valence-corrected chi connectivity index (χ2v) is 3.90. The summed E-state index contributed by atoms with van der Waals surface area (Å²) in [6.45, 7) is 0.663. The maximum atomic E-state index is 11.3. The van der Waals surface area contributed by atoms with E-state index < -0.39 is 0 Å². The average molecular weight is 277 g/mol. The molecule has 12 heavy (non-hydrogen) atoms. The third kappa shape index (κ3) is 1.35. The highest BCUT2D eigenvalue weighted by Crippen LogP contribution is 2.18. The monoisotopic (exact) mass is 277 g/mol. The molecule has 2 heterocycles. The molecule has 1 aromatic heterocycles. The van der Waals surface area contributed by atoms with Crippen LogP contribution < -0.4 is 10.2 Å². The first-order chi connectivity index (χ1) is 5.77. The summed E-state index contributed by atoms with van der Waals surface area (Å²) in [5.41, 5.74) is 0.936. The Morgan fingerprint density at radius 1 is 1.58 bits per heavy atom. The molecule has 1 aromatic rings. The first-order valence-corrected chi connectivity index (χ1v) is 4.90. The van der Waals surface area contributed by atoms with Crippen LogP contribution in [0.15, 0.2) is 10.9 Å². The number of H-pyrrole nitrogens is 1. The lowest BCUT2D eigenvalue weighted by Crippen LogP contribution is -2.18. The highest BCUT2D eigenvalue weighted by atomic mass is 127. The molecule has 0 saturated heterocycles. The lowest BCUT2D eigenvalue weighted by atomic mass is 10.2. The Kier molecular flexibility index (Phi) is 2.08. The number of aromatic amines is 1. The SMILES string of the molecule is O=c1cc(I)[nH]c2c1OCCC2. The smallest absolute Gasteiger partial charge is 0.224 e. The summed E-state index contributed by atoms with van der Waals surface area (Å²) in [4.78, 5) is 14.5.